The maximum Gasteiger partial charge on any atom is 0.0795 e. The van der Waals surface area contributed by atoms with Crippen LogP contribution in [0.15, 0.2) is 10.9 Å². The summed E-state index contributed by atoms with van der Waals surface area (Å²) < 4.78 is 0. The highest BCUT2D eigenvalue weighted by Gasteiger charge is 2.02. The van der Waals surface area contributed by atoms with Crippen LogP contribution >= 0.6 is 11.3 Å². The molecular weight excluding hydrogens is 168 g/mol. The molecular formula is C9H16N2S. The summed E-state index contributed by atoms with van der Waals surface area (Å²) in [6, 6.07) is 0.645. The molecule has 0 aliphatic rings. The Morgan fingerprint density at radius 2 is 2.25 bits per heavy atom. The molecule has 0 saturated carbocycles. The summed E-state index contributed by atoms with van der Waals surface area (Å²) in [4.78, 5) is 4.21. The van der Waals surface area contributed by atoms with E-state index in [0.29, 0.717) is 6.04 Å². The number of rotatable bonds is 5. The minimum absolute atomic E-state index is 0.645. The van der Waals surface area contributed by atoms with Gasteiger partial charge in [-0.05, 0) is 12.8 Å². The van der Waals surface area contributed by atoms with E-state index in [1.54, 1.807) is 11.3 Å². The summed E-state index contributed by atoms with van der Waals surface area (Å²) in [6.07, 6.45) is 2.39. The summed E-state index contributed by atoms with van der Waals surface area (Å²) in [5, 5.41) is 5.56. The molecule has 1 aromatic rings. The van der Waals surface area contributed by atoms with Gasteiger partial charge in [-0.3, -0.25) is 0 Å². The van der Waals surface area contributed by atoms with E-state index in [4.69, 9.17) is 0 Å². The average molecular weight is 184 g/mol. The quantitative estimate of drug-likeness (QED) is 0.760. The zero-order valence-electron chi connectivity index (χ0n) is 7.71. The summed E-state index contributed by atoms with van der Waals surface area (Å²) >= 11 is 1.66. The number of nitrogens with one attached hydrogen (secondary N) is 1. The van der Waals surface area contributed by atoms with Crippen LogP contribution in [0.1, 0.15) is 32.4 Å². The van der Waals surface area contributed by atoms with Crippen molar-refractivity contribution in [1.82, 2.24) is 10.3 Å². The van der Waals surface area contributed by atoms with E-state index in [-0.39, 0.29) is 0 Å². The maximum absolute atomic E-state index is 4.21. The van der Waals surface area contributed by atoms with Crippen LogP contribution in [0.4, 0.5) is 0 Å². The molecule has 0 radical (unpaired) electrons. The van der Waals surface area contributed by atoms with Gasteiger partial charge in [-0.25, -0.2) is 4.98 Å². The maximum atomic E-state index is 4.21. The summed E-state index contributed by atoms with van der Waals surface area (Å²) in [5.41, 5.74) is 3.04. The molecule has 1 heterocycles. The lowest BCUT2D eigenvalue weighted by atomic mass is 10.2. The number of thiazole rings is 1. The van der Waals surface area contributed by atoms with Gasteiger partial charge < -0.3 is 5.32 Å². The predicted octanol–water partition coefficient (Wildman–Crippen LogP) is 2.42. The Hall–Kier alpha value is -0.410. The van der Waals surface area contributed by atoms with Crippen LogP contribution in [0, 0.1) is 0 Å². The lowest BCUT2D eigenvalue weighted by Gasteiger charge is -2.12. The normalized spacial score (nSPS) is 10.9. The molecule has 68 valence electrons. The molecule has 1 rings (SSSR count). The fraction of sp³-hybridized carbons (Fsp3) is 0.667. The van der Waals surface area contributed by atoms with E-state index in [1.165, 1.54) is 12.8 Å². The lowest BCUT2D eigenvalue weighted by molar-refractivity contribution is 0.481. The highest BCUT2D eigenvalue weighted by molar-refractivity contribution is 7.07. The molecule has 0 unspecified atom stereocenters. The van der Waals surface area contributed by atoms with Crippen LogP contribution < -0.4 is 5.32 Å². The van der Waals surface area contributed by atoms with E-state index >= 15 is 0 Å². The number of nitrogens with zero attached hydrogens (tertiary/aromatic N) is 1. The number of aromatic nitrogens is 1. The fourth-order valence-corrected chi connectivity index (χ4v) is 1.71. The molecule has 0 bridgehead atoms. The standard InChI is InChI=1S/C9H16N2S/c1-3-8(4-2)10-5-9-6-12-7-11-9/h6-8,10H,3-5H2,1-2H3. The third kappa shape index (κ3) is 2.91. The third-order valence-electron chi connectivity index (χ3n) is 2.04. The first-order valence-corrected chi connectivity index (χ1v) is 5.41. The topological polar surface area (TPSA) is 24.9 Å². The number of hydrogen-bond donors (Lipinski definition) is 1. The Morgan fingerprint density at radius 3 is 2.75 bits per heavy atom. The lowest BCUT2D eigenvalue weighted by Crippen LogP contribution is -2.27. The van der Waals surface area contributed by atoms with Gasteiger partial charge in [0.05, 0.1) is 11.2 Å². The van der Waals surface area contributed by atoms with E-state index < -0.39 is 0 Å². The molecule has 3 heteroatoms. The molecule has 1 N–H and O–H groups in total. The molecule has 0 atom stereocenters. The SMILES string of the molecule is CCC(CC)NCc1cscn1. The minimum atomic E-state index is 0.645. The van der Waals surface area contributed by atoms with Crippen molar-refractivity contribution in [2.24, 2.45) is 0 Å². The molecule has 0 fully saturated rings. The molecule has 0 saturated heterocycles. The summed E-state index contributed by atoms with van der Waals surface area (Å²) in [6.45, 7) is 5.33. The molecule has 0 aliphatic heterocycles. The monoisotopic (exact) mass is 184 g/mol. The van der Waals surface area contributed by atoms with Gasteiger partial charge in [-0.15, -0.1) is 11.3 Å². The van der Waals surface area contributed by atoms with E-state index in [1.807, 2.05) is 5.51 Å². The van der Waals surface area contributed by atoms with Crippen molar-refractivity contribution in [3.63, 3.8) is 0 Å². The Bertz CT molecular complexity index is 192. The first kappa shape index (κ1) is 9.68. The Balaban J connectivity index is 2.25. The van der Waals surface area contributed by atoms with Gasteiger partial charge in [-0.1, -0.05) is 13.8 Å². The van der Waals surface area contributed by atoms with Crippen LogP contribution in [-0.4, -0.2) is 11.0 Å². The van der Waals surface area contributed by atoms with Crippen molar-refractivity contribution >= 4 is 11.3 Å². The molecule has 0 spiro atoms. The van der Waals surface area contributed by atoms with Crippen molar-refractivity contribution in [1.29, 1.82) is 0 Å². The molecule has 0 aliphatic carbocycles. The van der Waals surface area contributed by atoms with Gasteiger partial charge in [-0.2, -0.15) is 0 Å². The molecule has 0 aromatic carbocycles. The Labute approximate surface area is 78.0 Å². The van der Waals surface area contributed by atoms with Crippen molar-refractivity contribution in [3.05, 3.63) is 16.6 Å². The first-order valence-electron chi connectivity index (χ1n) is 4.47. The zero-order valence-corrected chi connectivity index (χ0v) is 8.53. The highest BCUT2D eigenvalue weighted by Crippen LogP contribution is 2.02. The largest absolute Gasteiger partial charge is 0.308 e. The van der Waals surface area contributed by atoms with Crippen LogP contribution in [0.25, 0.3) is 0 Å². The second kappa shape index (κ2) is 5.27. The van der Waals surface area contributed by atoms with Gasteiger partial charge in [0.2, 0.25) is 0 Å². The van der Waals surface area contributed by atoms with Gasteiger partial charge in [0.15, 0.2) is 0 Å². The van der Waals surface area contributed by atoms with E-state index in [9.17, 15) is 0 Å². The van der Waals surface area contributed by atoms with Crippen LogP contribution in [0.2, 0.25) is 0 Å². The van der Waals surface area contributed by atoms with Crippen molar-refractivity contribution in [2.45, 2.75) is 39.3 Å². The van der Waals surface area contributed by atoms with Crippen molar-refractivity contribution < 1.29 is 0 Å². The molecule has 12 heavy (non-hydrogen) atoms. The van der Waals surface area contributed by atoms with E-state index in [0.717, 1.165) is 12.2 Å². The Morgan fingerprint density at radius 1 is 1.50 bits per heavy atom. The van der Waals surface area contributed by atoms with Gasteiger partial charge >= 0.3 is 0 Å². The molecule has 2 nitrogen and oxygen atoms in total. The van der Waals surface area contributed by atoms with Gasteiger partial charge in [0.1, 0.15) is 0 Å². The third-order valence-corrected chi connectivity index (χ3v) is 2.68. The smallest absolute Gasteiger partial charge is 0.0795 e. The predicted molar refractivity (Wildman–Crippen MR) is 53.3 cm³/mol. The summed E-state index contributed by atoms with van der Waals surface area (Å²) in [5.74, 6) is 0. The minimum Gasteiger partial charge on any atom is -0.308 e. The molecule has 0 amide bonds. The van der Waals surface area contributed by atoms with Crippen molar-refractivity contribution in [2.75, 3.05) is 0 Å². The van der Waals surface area contributed by atoms with Gasteiger partial charge in [0, 0.05) is 18.0 Å². The first-order chi connectivity index (χ1) is 5.86. The molecule has 1 aromatic heterocycles. The average Bonchev–Trinajstić information content (AvgIpc) is 2.59. The highest BCUT2D eigenvalue weighted by atomic mass is 32.1. The second-order valence-corrected chi connectivity index (χ2v) is 3.59. The van der Waals surface area contributed by atoms with E-state index in [2.05, 4.69) is 29.5 Å². The van der Waals surface area contributed by atoms with Crippen molar-refractivity contribution in [3.8, 4) is 0 Å². The fourth-order valence-electron chi connectivity index (χ4n) is 1.15. The van der Waals surface area contributed by atoms with Crippen LogP contribution in [-0.2, 0) is 6.54 Å². The van der Waals surface area contributed by atoms with Gasteiger partial charge in [0.25, 0.3) is 0 Å². The second-order valence-electron chi connectivity index (χ2n) is 2.87. The van der Waals surface area contributed by atoms with Crippen LogP contribution in [0.3, 0.4) is 0 Å². The Kier molecular flexibility index (Phi) is 4.25. The number of hydrogen-bond acceptors (Lipinski definition) is 3. The zero-order chi connectivity index (χ0) is 8.81. The van der Waals surface area contributed by atoms with Crippen LogP contribution in [0.5, 0.6) is 0 Å². The summed E-state index contributed by atoms with van der Waals surface area (Å²) in [7, 11) is 0.